The van der Waals surface area contributed by atoms with Crippen molar-refractivity contribution in [1.82, 2.24) is 0 Å². The van der Waals surface area contributed by atoms with E-state index in [9.17, 15) is 0 Å². The van der Waals surface area contributed by atoms with Crippen molar-refractivity contribution < 1.29 is 0 Å². The normalized spacial score (nSPS) is 17.1. The second-order valence-electron chi connectivity index (χ2n) is 13.3. The molecule has 3 aliphatic rings. The van der Waals surface area contributed by atoms with Gasteiger partial charge in [0.2, 0.25) is 0 Å². The van der Waals surface area contributed by atoms with Gasteiger partial charge in [0.15, 0.2) is 0 Å². The molecule has 4 aromatic rings. The standard InChI is InChI=1S/C48H46N2/c1-36(37-25-27-39(28-26-37)42-18-12-17-41(34-42)38-15-4-2-5-16-38)14-10-11-33-49-45-31-29-40(30-32-45)43-19-13-20-44(35-43)47-23-8-9-24-48(47)50-46-21-6-3-7-22-46/h2-4,6-10,13-15,18-27,29-32,34-35,39,49-50H,1,5,11-12,16-17,28,33H2/b14-10-. The van der Waals surface area contributed by atoms with Crippen LogP contribution >= 0.6 is 0 Å². The molecule has 1 atom stereocenters. The van der Waals surface area contributed by atoms with Gasteiger partial charge in [-0.1, -0.05) is 134 Å². The molecule has 248 valence electrons. The maximum Gasteiger partial charge on any atom is 0.0463 e. The Morgan fingerprint density at radius 1 is 0.760 bits per heavy atom. The molecule has 0 fully saturated rings. The SMILES string of the molecule is C=C(/C=C\CCNc1ccc(-c2cccc(-c3ccccc3Nc3ccccc3)c2)cc1)C1=CCC(C2=CCCC(C3=CC=CCC3)=C2)C=C1. The second kappa shape index (κ2) is 16.2. The summed E-state index contributed by atoms with van der Waals surface area (Å²) in [6.07, 6.45) is 29.7. The summed E-state index contributed by atoms with van der Waals surface area (Å²) in [5.41, 5.74) is 14.9. The summed E-state index contributed by atoms with van der Waals surface area (Å²) in [4.78, 5) is 0. The largest absolute Gasteiger partial charge is 0.385 e. The summed E-state index contributed by atoms with van der Waals surface area (Å²) in [7, 11) is 0. The summed E-state index contributed by atoms with van der Waals surface area (Å²) < 4.78 is 0. The fraction of sp³-hybridized carbons (Fsp3) is 0.167. The van der Waals surface area contributed by atoms with Gasteiger partial charge >= 0.3 is 0 Å². The molecule has 0 saturated carbocycles. The lowest BCUT2D eigenvalue weighted by molar-refractivity contribution is 0.757. The van der Waals surface area contributed by atoms with Gasteiger partial charge in [-0.25, -0.2) is 0 Å². The number of hydrogen-bond acceptors (Lipinski definition) is 2. The van der Waals surface area contributed by atoms with Gasteiger partial charge in [0.25, 0.3) is 0 Å². The first-order valence-corrected chi connectivity index (χ1v) is 18.1. The van der Waals surface area contributed by atoms with Crippen molar-refractivity contribution in [2.75, 3.05) is 17.2 Å². The number of nitrogens with one attached hydrogen (secondary N) is 2. The average Bonchev–Trinajstić information content (AvgIpc) is 3.19. The van der Waals surface area contributed by atoms with E-state index < -0.39 is 0 Å². The third-order valence-corrected chi connectivity index (χ3v) is 9.79. The Kier molecular flexibility index (Phi) is 10.7. The van der Waals surface area contributed by atoms with Gasteiger partial charge in [-0.05, 0) is 119 Å². The Hall–Kier alpha value is -5.60. The minimum atomic E-state index is 0.462. The lowest BCUT2D eigenvalue weighted by Crippen LogP contribution is -2.07. The lowest BCUT2D eigenvalue weighted by atomic mass is 9.82. The Morgan fingerprint density at radius 3 is 2.40 bits per heavy atom. The lowest BCUT2D eigenvalue weighted by Gasteiger charge is -2.23. The van der Waals surface area contributed by atoms with E-state index in [0.717, 1.165) is 54.9 Å². The van der Waals surface area contributed by atoms with E-state index in [1.54, 1.807) is 0 Å². The fourth-order valence-corrected chi connectivity index (χ4v) is 7.00. The molecule has 0 aromatic heterocycles. The Morgan fingerprint density at radius 2 is 1.58 bits per heavy atom. The van der Waals surface area contributed by atoms with Crippen LogP contribution in [0.1, 0.15) is 38.5 Å². The van der Waals surface area contributed by atoms with Crippen molar-refractivity contribution in [2.24, 2.45) is 5.92 Å². The third kappa shape index (κ3) is 8.33. The molecule has 3 aliphatic carbocycles. The minimum Gasteiger partial charge on any atom is -0.385 e. The van der Waals surface area contributed by atoms with Gasteiger partial charge in [-0.3, -0.25) is 0 Å². The summed E-state index contributed by atoms with van der Waals surface area (Å²) >= 11 is 0. The molecule has 50 heavy (non-hydrogen) atoms. The Labute approximate surface area is 298 Å². The van der Waals surface area contributed by atoms with Gasteiger partial charge in [-0.15, -0.1) is 0 Å². The first kappa shape index (κ1) is 32.9. The quantitative estimate of drug-likeness (QED) is 0.118. The molecule has 0 aliphatic heterocycles. The van der Waals surface area contributed by atoms with Crippen molar-refractivity contribution in [2.45, 2.75) is 38.5 Å². The maximum atomic E-state index is 4.36. The van der Waals surface area contributed by atoms with Crippen LogP contribution in [0.2, 0.25) is 0 Å². The van der Waals surface area contributed by atoms with Crippen LogP contribution in [0.5, 0.6) is 0 Å². The van der Waals surface area contributed by atoms with Crippen LogP contribution in [-0.2, 0) is 0 Å². The monoisotopic (exact) mass is 650 g/mol. The molecule has 0 saturated heterocycles. The van der Waals surface area contributed by atoms with Crippen molar-refractivity contribution in [1.29, 1.82) is 0 Å². The van der Waals surface area contributed by atoms with Crippen LogP contribution in [0.25, 0.3) is 22.3 Å². The molecule has 7 rings (SSSR count). The predicted molar refractivity (Wildman–Crippen MR) is 216 cm³/mol. The van der Waals surface area contributed by atoms with Gasteiger partial charge < -0.3 is 10.6 Å². The van der Waals surface area contributed by atoms with Crippen LogP contribution in [0, 0.1) is 5.92 Å². The van der Waals surface area contributed by atoms with Crippen molar-refractivity contribution >= 4 is 17.1 Å². The molecule has 4 aromatic carbocycles. The molecule has 0 radical (unpaired) electrons. The Balaban J connectivity index is 0.891. The highest BCUT2D eigenvalue weighted by Gasteiger charge is 2.18. The molecule has 0 bridgehead atoms. The highest BCUT2D eigenvalue weighted by atomic mass is 14.9. The summed E-state index contributed by atoms with van der Waals surface area (Å²) in [6.45, 7) is 5.23. The molecular formula is C48H46N2. The molecule has 2 nitrogen and oxygen atoms in total. The van der Waals surface area contributed by atoms with Gasteiger partial charge in [-0.2, -0.15) is 0 Å². The molecule has 1 unspecified atom stereocenters. The van der Waals surface area contributed by atoms with Gasteiger partial charge in [0.1, 0.15) is 0 Å². The average molecular weight is 651 g/mol. The first-order chi connectivity index (χ1) is 24.7. The van der Waals surface area contributed by atoms with Gasteiger partial charge in [0.05, 0.1) is 0 Å². The van der Waals surface area contributed by atoms with Crippen LogP contribution in [0.15, 0.2) is 198 Å². The van der Waals surface area contributed by atoms with E-state index in [0.29, 0.717) is 5.92 Å². The summed E-state index contributed by atoms with van der Waals surface area (Å²) in [5.74, 6) is 0.462. The molecule has 0 spiro atoms. The second-order valence-corrected chi connectivity index (χ2v) is 13.3. The molecular weight excluding hydrogens is 605 g/mol. The minimum absolute atomic E-state index is 0.462. The number of anilines is 3. The number of hydrogen-bond donors (Lipinski definition) is 2. The Bertz CT molecular complexity index is 2030. The van der Waals surface area contributed by atoms with Crippen molar-refractivity contribution in [3.05, 3.63) is 198 Å². The summed E-state index contributed by atoms with van der Waals surface area (Å²) in [5, 5.41) is 7.16. The van der Waals surface area contributed by atoms with E-state index in [2.05, 4.69) is 175 Å². The molecule has 2 N–H and O–H groups in total. The number of allylic oxidation sites excluding steroid dienone is 14. The van der Waals surface area contributed by atoms with E-state index in [4.69, 9.17) is 0 Å². The number of rotatable bonds is 12. The van der Waals surface area contributed by atoms with Gasteiger partial charge in [0, 0.05) is 35.1 Å². The van der Waals surface area contributed by atoms with Crippen LogP contribution in [0.3, 0.4) is 0 Å². The zero-order valence-electron chi connectivity index (χ0n) is 28.8. The zero-order valence-corrected chi connectivity index (χ0v) is 28.8. The third-order valence-electron chi connectivity index (χ3n) is 9.79. The molecule has 2 heteroatoms. The zero-order chi connectivity index (χ0) is 34.0. The molecule has 0 amide bonds. The van der Waals surface area contributed by atoms with Crippen molar-refractivity contribution in [3.63, 3.8) is 0 Å². The molecule has 0 heterocycles. The number of para-hydroxylation sites is 2. The predicted octanol–water partition coefficient (Wildman–Crippen LogP) is 13.1. The number of benzene rings is 4. The smallest absolute Gasteiger partial charge is 0.0463 e. The first-order valence-electron chi connectivity index (χ1n) is 18.1. The van der Waals surface area contributed by atoms with E-state index in [-0.39, 0.29) is 0 Å². The van der Waals surface area contributed by atoms with E-state index >= 15 is 0 Å². The van der Waals surface area contributed by atoms with E-state index in [1.165, 1.54) is 57.4 Å². The fourth-order valence-electron chi connectivity index (χ4n) is 7.00. The summed E-state index contributed by atoms with van der Waals surface area (Å²) in [6, 6.07) is 36.3. The topological polar surface area (TPSA) is 24.1 Å². The van der Waals surface area contributed by atoms with Crippen molar-refractivity contribution in [3.8, 4) is 22.3 Å². The highest BCUT2D eigenvalue weighted by Crippen LogP contribution is 2.35. The highest BCUT2D eigenvalue weighted by molar-refractivity contribution is 5.83. The maximum absolute atomic E-state index is 4.36. The van der Waals surface area contributed by atoms with E-state index in [1.807, 2.05) is 6.07 Å². The van der Waals surface area contributed by atoms with Crippen LogP contribution in [-0.4, -0.2) is 6.54 Å². The van der Waals surface area contributed by atoms with Crippen LogP contribution in [0.4, 0.5) is 17.1 Å². The van der Waals surface area contributed by atoms with Crippen LogP contribution < -0.4 is 10.6 Å².